The van der Waals surface area contributed by atoms with Crippen molar-refractivity contribution in [3.05, 3.63) is 71.3 Å². The number of benzene rings is 2. The van der Waals surface area contributed by atoms with Gasteiger partial charge in [0.25, 0.3) is 0 Å². The zero-order valence-corrected chi connectivity index (χ0v) is 20.1. The minimum Gasteiger partial charge on any atom is -0.469 e. The van der Waals surface area contributed by atoms with Gasteiger partial charge in [0.2, 0.25) is 5.91 Å². The second kappa shape index (κ2) is 12.0. The molecule has 1 heterocycles. The lowest BCUT2D eigenvalue weighted by atomic mass is 9.93. The fraction of sp³-hybridized carbons (Fsp3) is 0.385. The van der Waals surface area contributed by atoms with Gasteiger partial charge < -0.3 is 19.5 Å². The molecule has 1 N–H and O–H groups in total. The fourth-order valence-corrected chi connectivity index (χ4v) is 4.03. The zero-order valence-electron chi connectivity index (χ0n) is 20.1. The van der Waals surface area contributed by atoms with Gasteiger partial charge in [-0.15, -0.1) is 0 Å². The molecule has 9 nitrogen and oxygen atoms in total. The van der Waals surface area contributed by atoms with Crippen molar-refractivity contribution in [1.82, 2.24) is 10.2 Å². The van der Waals surface area contributed by atoms with Crippen LogP contribution in [0.4, 0.5) is 4.79 Å². The van der Waals surface area contributed by atoms with Gasteiger partial charge in [0.15, 0.2) is 0 Å². The molecule has 3 atom stereocenters. The lowest BCUT2D eigenvalue weighted by Crippen LogP contribution is -2.56. The summed E-state index contributed by atoms with van der Waals surface area (Å²) in [6, 6.07) is 14.8. The molecule has 2 aromatic rings. The quantitative estimate of drug-likeness (QED) is 0.455. The first-order valence-electron chi connectivity index (χ1n) is 11.3. The Balaban J connectivity index is 1.79. The number of carbonyl (C=O) groups is 4. The highest BCUT2D eigenvalue weighted by molar-refractivity contribution is 5.90. The third-order valence-electron chi connectivity index (χ3n) is 5.99. The summed E-state index contributed by atoms with van der Waals surface area (Å²) in [5.74, 6) is -2.39. The number of fused-ring (bicyclic) bond motifs is 1. The average Bonchev–Trinajstić information content (AvgIpc) is 2.89. The van der Waals surface area contributed by atoms with Crippen LogP contribution in [-0.4, -0.2) is 55.1 Å². The Kier molecular flexibility index (Phi) is 8.83. The molecule has 0 saturated carbocycles. The minimum absolute atomic E-state index is 0.00710. The van der Waals surface area contributed by atoms with E-state index in [1.165, 1.54) is 19.1 Å². The maximum absolute atomic E-state index is 13.4. The molecule has 9 heteroatoms. The third-order valence-corrected chi connectivity index (χ3v) is 5.99. The number of carbonyl (C=O) groups excluding carboxylic acids is 4. The highest BCUT2D eigenvalue weighted by Crippen LogP contribution is 2.25. The molecule has 0 unspecified atom stereocenters. The molecule has 1 aliphatic heterocycles. The number of amides is 2. The van der Waals surface area contributed by atoms with Crippen LogP contribution < -0.4 is 5.32 Å². The molecule has 186 valence electrons. The topological polar surface area (TPSA) is 111 Å². The van der Waals surface area contributed by atoms with Crippen LogP contribution in [0.3, 0.4) is 0 Å². The van der Waals surface area contributed by atoms with Crippen molar-refractivity contribution >= 4 is 23.9 Å². The van der Waals surface area contributed by atoms with E-state index in [1.807, 2.05) is 54.6 Å². The summed E-state index contributed by atoms with van der Waals surface area (Å²) < 4.78 is 15.0. The fourth-order valence-electron chi connectivity index (χ4n) is 4.03. The molecule has 0 radical (unpaired) electrons. The average molecular weight is 483 g/mol. The maximum atomic E-state index is 13.4. The number of rotatable bonds is 8. The van der Waals surface area contributed by atoms with Gasteiger partial charge in [-0.1, -0.05) is 61.5 Å². The molecule has 35 heavy (non-hydrogen) atoms. The van der Waals surface area contributed by atoms with Crippen molar-refractivity contribution in [3.63, 3.8) is 0 Å². The smallest absolute Gasteiger partial charge is 0.411 e. The maximum Gasteiger partial charge on any atom is 0.411 e. The van der Waals surface area contributed by atoms with Crippen LogP contribution in [0.1, 0.15) is 30.0 Å². The first kappa shape index (κ1) is 25.7. The van der Waals surface area contributed by atoms with E-state index >= 15 is 0 Å². The summed E-state index contributed by atoms with van der Waals surface area (Å²) in [4.78, 5) is 52.0. The van der Waals surface area contributed by atoms with E-state index in [1.54, 1.807) is 6.92 Å². The molecule has 0 fully saturated rings. The summed E-state index contributed by atoms with van der Waals surface area (Å²) in [7, 11) is 2.46. The summed E-state index contributed by atoms with van der Waals surface area (Å²) >= 11 is 0. The number of nitrogens with zero attached hydrogens (tertiary/aromatic N) is 1. The number of nitrogens with one attached hydrogen (secondary N) is 1. The molecular weight excluding hydrogens is 452 g/mol. The molecule has 0 aromatic heterocycles. The van der Waals surface area contributed by atoms with E-state index < -0.39 is 41.9 Å². The Bertz CT molecular complexity index is 1060. The molecular formula is C26H30N2O7. The molecule has 0 saturated heterocycles. The lowest BCUT2D eigenvalue weighted by molar-refractivity contribution is -0.149. The van der Waals surface area contributed by atoms with Gasteiger partial charge in [-0.3, -0.25) is 14.5 Å². The predicted octanol–water partition coefficient (Wildman–Crippen LogP) is 2.61. The number of esters is 2. The van der Waals surface area contributed by atoms with E-state index in [0.717, 1.165) is 16.7 Å². The van der Waals surface area contributed by atoms with Crippen LogP contribution in [0, 0.1) is 5.92 Å². The highest BCUT2D eigenvalue weighted by Gasteiger charge is 2.38. The molecule has 0 bridgehead atoms. The first-order chi connectivity index (χ1) is 16.8. The van der Waals surface area contributed by atoms with Gasteiger partial charge in [0.05, 0.1) is 26.7 Å². The Morgan fingerprint density at radius 1 is 0.943 bits per heavy atom. The molecule has 0 spiro atoms. The summed E-state index contributed by atoms with van der Waals surface area (Å²) in [6.45, 7) is 1.84. The van der Waals surface area contributed by atoms with E-state index in [-0.39, 0.29) is 26.0 Å². The predicted molar refractivity (Wildman–Crippen MR) is 126 cm³/mol. The number of ether oxygens (including phenoxy) is 3. The number of hydrogen-bond acceptors (Lipinski definition) is 7. The normalized spacial score (nSPS) is 16.3. The van der Waals surface area contributed by atoms with Gasteiger partial charge in [0, 0.05) is 6.42 Å². The lowest BCUT2D eigenvalue weighted by Gasteiger charge is -2.36. The second-order valence-electron chi connectivity index (χ2n) is 8.40. The van der Waals surface area contributed by atoms with Crippen molar-refractivity contribution in [2.75, 3.05) is 14.2 Å². The van der Waals surface area contributed by atoms with E-state index in [2.05, 4.69) is 5.32 Å². The summed E-state index contributed by atoms with van der Waals surface area (Å²) in [5.41, 5.74) is 2.66. The van der Waals surface area contributed by atoms with Gasteiger partial charge in [-0.2, -0.15) is 0 Å². The summed E-state index contributed by atoms with van der Waals surface area (Å²) in [5, 5.41) is 2.67. The van der Waals surface area contributed by atoms with Gasteiger partial charge in [-0.05, 0) is 23.1 Å². The van der Waals surface area contributed by atoms with Crippen LogP contribution in [-0.2, 0) is 48.2 Å². The van der Waals surface area contributed by atoms with Crippen LogP contribution in [0.2, 0.25) is 0 Å². The Morgan fingerprint density at radius 2 is 1.57 bits per heavy atom. The van der Waals surface area contributed by atoms with Crippen molar-refractivity contribution in [2.45, 2.75) is 45.0 Å². The van der Waals surface area contributed by atoms with E-state index in [4.69, 9.17) is 14.2 Å². The summed E-state index contributed by atoms with van der Waals surface area (Å²) in [6.07, 6.45) is -0.392. The van der Waals surface area contributed by atoms with E-state index in [0.29, 0.717) is 0 Å². The van der Waals surface area contributed by atoms with Crippen molar-refractivity contribution in [2.24, 2.45) is 5.92 Å². The van der Waals surface area contributed by atoms with E-state index in [9.17, 15) is 19.2 Å². The minimum atomic E-state index is -1.08. The number of hydrogen-bond donors (Lipinski definition) is 1. The van der Waals surface area contributed by atoms with Gasteiger partial charge in [-0.25, -0.2) is 9.59 Å². The van der Waals surface area contributed by atoms with Crippen LogP contribution in [0.5, 0.6) is 0 Å². The first-order valence-corrected chi connectivity index (χ1v) is 11.3. The highest BCUT2D eigenvalue weighted by atomic mass is 16.6. The Hall–Kier alpha value is -3.88. The second-order valence-corrected chi connectivity index (χ2v) is 8.40. The van der Waals surface area contributed by atoms with Crippen LogP contribution in [0.25, 0.3) is 0 Å². The largest absolute Gasteiger partial charge is 0.469 e. The van der Waals surface area contributed by atoms with Crippen LogP contribution in [0.15, 0.2) is 54.6 Å². The zero-order chi connectivity index (χ0) is 25.4. The molecule has 2 amide bonds. The van der Waals surface area contributed by atoms with Crippen molar-refractivity contribution < 1.29 is 33.4 Å². The standard InChI is InChI=1S/C26H30N2O7/c1-17(24(30)33-2)13-21(25(31)34-3)27-23(29)22-14-19-11-7-8-12-20(19)15-28(22)26(32)35-16-18-9-5-4-6-10-18/h4-12,17,21-22H,13-16H2,1-3H3,(H,27,29)/t17-,21-,22+/m1/s1. The van der Waals surface area contributed by atoms with Gasteiger partial charge in [0.1, 0.15) is 18.7 Å². The Labute approximate surface area is 204 Å². The van der Waals surface area contributed by atoms with Crippen molar-refractivity contribution in [3.8, 4) is 0 Å². The van der Waals surface area contributed by atoms with Crippen molar-refractivity contribution in [1.29, 1.82) is 0 Å². The molecule has 2 aromatic carbocycles. The number of methoxy groups -OCH3 is 2. The monoisotopic (exact) mass is 482 g/mol. The van der Waals surface area contributed by atoms with Crippen LogP contribution >= 0.6 is 0 Å². The molecule has 0 aliphatic carbocycles. The molecule has 3 rings (SSSR count). The Morgan fingerprint density at radius 3 is 2.23 bits per heavy atom. The molecule has 1 aliphatic rings. The third kappa shape index (κ3) is 6.59. The SMILES string of the molecule is COC(=O)[C@H](C)C[C@@H](NC(=O)[C@@H]1Cc2ccccc2CN1C(=O)OCc1ccccc1)C(=O)OC. The van der Waals surface area contributed by atoms with Gasteiger partial charge >= 0.3 is 18.0 Å².